The van der Waals surface area contributed by atoms with E-state index in [-0.39, 0.29) is 5.54 Å². The highest BCUT2D eigenvalue weighted by Gasteiger charge is 2.16. The van der Waals surface area contributed by atoms with Crippen LogP contribution in [0.25, 0.3) is 0 Å². The Kier molecular flexibility index (Phi) is 5.04. The minimum Gasteiger partial charge on any atom is -0.378 e. The highest BCUT2D eigenvalue weighted by Crippen LogP contribution is 2.26. The van der Waals surface area contributed by atoms with Gasteiger partial charge in [-0.05, 0) is 69.3 Å². The van der Waals surface area contributed by atoms with Crippen molar-refractivity contribution in [3.05, 3.63) is 48.5 Å². The maximum absolute atomic E-state index is 4.31. The van der Waals surface area contributed by atoms with Gasteiger partial charge in [0.05, 0.1) is 11.4 Å². The third kappa shape index (κ3) is 4.55. The largest absolute Gasteiger partial charge is 0.378 e. The maximum atomic E-state index is 4.31. The molecule has 0 bridgehead atoms. The molecule has 2 aromatic rings. The molecule has 0 fully saturated rings. The van der Waals surface area contributed by atoms with Gasteiger partial charge in [-0.25, -0.2) is 0 Å². The minimum absolute atomic E-state index is 0.0945. The van der Waals surface area contributed by atoms with Crippen LogP contribution in [-0.4, -0.2) is 26.7 Å². The van der Waals surface area contributed by atoms with Crippen LogP contribution in [-0.2, 0) is 0 Å². The summed E-state index contributed by atoms with van der Waals surface area (Å²) in [6.45, 7) is 6.58. The van der Waals surface area contributed by atoms with Crippen molar-refractivity contribution < 1.29 is 0 Å². The van der Waals surface area contributed by atoms with Crippen LogP contribution in [0, 0.1) is 0 Å². The number of benzene rings is 2. The summed E-state index contributed by atoms with van der Waals surface area (Å²) in [5.74, 6) is 0. The van der Waals surface area contributed by atoms with Crippen LogP contribution in [0.4, 0.5) is 22.7 Å². The zero-order valence-corrected chi connectivity index (χ0v) is 14.9. The van der Waals surface area contributed by atoms with Crippen molar-refractivity contribution in [1.82, 2.24) is 0 Å². The van der Waals surface area contributed by atoms with E-state index in [2.05, 4.69) is 60.0 Å². The maximum Gasteiger partial charge on any atom is 0.0858 e. The van der Waals surface area contributed by atoms with Crippen molar-refractivity contribution in [1.29, 1.82) is 0 Å². The Hall–Kier alpha value is -2.36. The summed E-state index contributed by atoms with van der Waals surface area (Å²) in [7, 11) is 6.14. The molecule has 0 saturated carbocycles. The average Bonchev–Trinajstić information content (AvgIpc) is 2.52. The molecular formula is C19H26N4. The standard InChI is InChI=1S/C19H26N4/c1-19(2,3)23(6)18-13-9-16(10-14-18)21-20-15-7-11-17(12-8-15)22(4)5/h7-14H,1-6H3. The molecule has 0 atom stereocenters. The lowest BCUT2D eigenvalue weighted by atomic mass is 10.1. The number of hydrogen-bond acceptors (Lipinski definition) is 4. The topological polar surface area (TPSA) is 31.2 Å². The first-order valence-electron chi connectivity index (χ1n) is 7.80. The van der Waals surface area contributed by atoms with Crippen LogP contribution < -0.4 is 9.80 Å². The molecule has 0 aliphatic rings. The summed E-state index contributed by atoms with van der Waals surface area (Å²) in [4.78, 5) is 4.30. The molecule has 0 aromatic heterocycles. The molecule has 0 saturated heterocycles. The van der Waals surface area contributed by atoms with Gasteiger partial charge in [-0.15, -0.1) is 0 Å². The first-order chi connectivity index (χ1) is 10.8. The van der Waals surface area contributed by atoms with Crippen LogP contribution in [0.1, 0.15) is 20.8 Å². The lowest BCUT2D eigenvalue weighted by Gasteiger charge is -2.34. The molecular weight excluding hydrogens is 284 g/mol. The molecule has 0 radical (unpaired) electrons. The Bertz CT molecular complexity index is 649. The smallest absolute Gasteiger partial charge is 0.0858 e. The van der Waals surface area contributed by atoms with Crippen LogP contribution in [0.5, 0.6) is 0 Å². The normalized spacial score (nSPS) is 11.7. The van der Waals surface area contributed by atoms with E-state index in [9.17, 15) is 0 Å². The lowest BCUT2D eigenvalue weighted by Crippen LogP contribution is -2.37. The first kappa shape index (κ1) is 17.0. The van der Waals surface area contributed by atoms with Crippen molar-refractivity contribution in [3.8, 4) is 0 Å². The predicted molar refractivity (Wildman–Crippen MR) is 99.5 cm³/mol. The van der Waals surface area contributed by atoms with Crippen molar-refractivity contribution in [2.75, 3.05) is 30.9 Å². The second-order valence-corrected chi connectivity index (χ2v) is 6.86. The van der Waals surface area contributed by atoms with Crippen LogP contribution in [0.2, 0.25) is 0 Å². The Balaban J connectivity index is 2.08. The van der Waals surface area contributed by atoms with Gasteiger partial charge in [0.25, 0.3) is 0 Å². The SMILES string of the molecule is CN(C)c1ccc(N=Nc2ccc(N(C)C(C)(C)C)cc2)cc1. The summed E-state index contributed by atoms with van der Waals surface area (Å²) >= 11 is 0. The summed E-state index contributed by atoms with van der Waals surface area (Å²) < 4.78 is 0. The number of anilines is 2. The highest BCUT2D eigenvalue weighted by molar-refractivity contribution is 5.54. The first-order valence-corrected chi connectivity index (χ1v) is 7.80. The zero-order valence-electron chi connectivity index (χ0n) is 14.9. The van der Waals surface area contributed by atoms with E-state index in [1.165, 1.54) is 5.69 Å². The molecule has 4 heteroatoms. The van der Waals surface area contributed by atoms with Gasteiger partial charge in [0.15, 0.2) is 0 Å². The molecule has 0 N–H and O–H groups in total. The Morgan fingerprint density at radius 2 is 1.04 bits per heavy atom. The molecule has 0 aliphatic carbocycles. The quantitative estimate of drug-likeness (QED) is 0.708. The van der Waals surface area contributed by atoms with E-state index in [1.54, 1.807) is 0 Å². The van der Waals surface area contributed by atoms with Gasteiger partial charge in [-0.1, -0.05) is 0 Å². The molecule has 4 nitrogen and oxygen atoms in total. The monoisotopic (exact) mass is 310 g/mol. The summed E-state index contributed by atoms with van der Waals surface area (Å²) in [6, 6.07) is 16.2. The van der Waals surface area contributed by atoms with E-state index in [1.807, 2.05) is 50.5 Å². The van der Waals surface area contributed by atoms with E-state index in [4.69, 9.17) is 0 Å². The number of rotatable bonds is 4. The van der Waals surface area contributed by atoms with Gasteiger partial charge in [0, 0.05) is 38.1 Å². The van der Waals surface area contributed by atoms with E-state index < -0.39 is 0 Å². The Morgan fingerprint density at radius 1 is 0.652 bits per heavy atom. The second kappa shape index (κ2) is 6.82. The van der Waals surface area contributed by atoms with E-state index >= 15 is 0 Å². The zero-order chi connectivity index (χ0) is 17.0. The minimum atomic E-state index is 0.0945. The van der Waals surface area contributed by atoms with Gasteiger partial charge in [0.1, 0.15) is 0 Å². The van der Waals surface area contributed by atoms with Gasteiger partial charge in [-0.3, -0.25) is 0 Å². The molecule has 0 unspecified atom stereocenters. The number of hydrogen-bond donors (Lipinski definition) is 0. The number of azo groups is 1. The highest BCUT2D eigenvalue weighted by atomic mass is 15.2. The van der Waals surface area contributed by atoms with Gasteiger partial charge >= 0.3 is 0 Å². The molecule has 0 spiro atoms. The van der Waals surface area contributed by atoms with Crippen molar-refractivity contribution in [2.24, 2.45) is 10.2 Å². The third-order valence-corrected chi connectivity index (χ3v) is 3.89. The third-order valence-electron chi connectivity index (χ3n) is 3.89. The van der Waals surface area contributed by atoms with Crippen LogP contribution in [0.3, 0.4) is 0 Å². The summed E-state index contributed by atoms with van der Waals surface area (Å²) in [5, 5.41) is 8.60. The fourth-order valence-corrected chi connectivity index (χ4v) is 2.06. The fraction of sp³-hybridized carbons (Fsp3) is 0.368. The molecule has 122 valence electrons. The van der Waals surface area contributed by atoms with Gasteiger partial charge in [-0.2, -0.15) is 10.2 Å². The Labute approximate surface area is 139 Å². The van der Waals surface area contributed by atoms with Crippen molar-refractivity contribution >= 4 is 22.7 Å². The van der Waals surface area contributed by atoms with Gasteiger partial charge in [0.2, 0.25) is 0 Å². The molecule has 0 heterocycles. The molecule has 2 rings (SSSR count). The molecule has 23 heavy (non-hydrogen) atoms. The Morgan fingerprint density at radius 3 is 1.39 bits per heavy atom. The average molecular weight is 310 g/mol. The van der Waals surface area contributed by atoms with Crippen molar-refractivity contribution in [2.45, 2.75) is 26.3 Å². The second-order valence-electron chi connectivity index (χ2n) is 6.86. The lowest BCUT2D eigenvalue weighted by molar-refractivity contribution is 0.539. The van der Waals surface area contributed by atoms with E-state index in [0.717, 1.165) is 17.1 Å². The molecule has 0 amide bonds. The van der Waals surface area contributed by atoms with Gasteiger partial charge < -0.3 is 9.80 Å². The fourth-order valence-electron chi connectivity index (χ4n) is 2.06. The predicted octanol–water partition coefficient (Wildman–Crippen LogP) is 5.40. The van der Waals surface area contributed by atoms with Crippen LogP contribution >= 0.6 is 0 Å². The molecule has 0 aliphatic heterocycles. The number of nitrogens with zero attached hydrogens (tertiary/aromatic N) is 4. The van der Waals surface area contributed by atoms with E-state index in [0.29, 0.717) is 0 Å². The summed E-state index contributed by atoms with van der Waals surface area (Å²) in [5.41, 5.74) is 4.13. The summed E-state index contributed by atoms with van der Waals surface area (Å²) in [6.07, 6.45) is 0. The van der Waals surface area contributed by atoms with Crippen molar-refractivity contribution in [3.63, 3.8) is 0 Å². The van der Waals surface area contributed by atoms with Crippen LogP contribution in [0.15, 0.2) is 58.8 Å². The molecule has 2 aromatic carbocycles.